The third-order valence-corrected chi connectivity index (χ3v) is 4.59. The second-order valence-electron chi connectivity index (χ2n) is 6.91. The molecule has 1 atom stereocenters. The number of hydrogen-bond donors (Lipinski definition) is 1. The van der Waals surface area contributed by atoms with Crippen molar-refractivity contribution in [1.82, 2.24) is 14.8 Å². The Bertz CT molecular complexity index is 793. The summed E-state index contributed by atoms with van der Waals surface area (Å²) in [5.74, 6) is -0.0811. The number of halogens is 1. The highest BCUT2D eigenvalue weighted by Gasteiger charge is 2.39. The predicted molar refractivity (Wildman–Crippen MR) is 95.5 cm³/mol. The van der Waals surface area contributed by atoms with Gasteiger partial charge in [-0.05, 0) is 51.7 Å². The number of aryl methyl sites for hydroxylation is 1. The Labute approximate surface area is 146 Å². The Balaban J connectivity index is 1.94. The van der Waals surface area contributed by atoms with Gasteiger partial charge in [-0.25, -0.2) is 0 Å². The van der Waals surface area contributed by atoms with Crippen molar-refractivity contribution in [2.75, 3.05) is 33.7 Å². The molecular formula is C18H22ClN3O2. The van der Waals surface area contributed by atoms with Crippen LogP contribution in [0.2, 0.25) is 5.02 Å². The second-order valence-corrected chi connectivity index (χ2v) is 7.35. The maximum atomic E-state index is 13.0. The number of benzene rings is 1. The van der Waals surface area contributed by atoms with E-state index in [9.17, 15) is 9.90 Å². The minimum Gasteiger partial charge on any atom is -0.387 e. The van der Waals surface area contributed by atoms with E-state index in [1.54, 1.807) is 23.1 Å². The minimum absolute atomic E-state index is 0.0811. The molecule has 2 heterocycles. The molecule has 0 radical (unpaired) electrons. The smallest absolute Gasteiger partial charge is 0.254 e. The van der Waals surface area contributed by atoms with Crippen molar-refractivity contribution in [2.45, 2.75) is 18.9 Å². The van der Waals surface area contributed by atoms with Gasteiger partial charge >= 0.3 is 0 Å². The summed E-state index contributed by atoms with van der Waals surface area (Å²) in [5.41, 5.74) is 1.28. The number of likely N-dealkylation sites (N-methyl/N-ethyl adjacent to an activating group) is 1. The number of pyridine rings is 1. The van der Waals surface area contributed by atoms with Crippen molar-refractivity contribution in [3.63, 3.8) is 0 Å². The minimum atomic E-state index is -0.852. The molecule has 6 heteroatoms. The first kappa shape index (κ1) is 17.1. The summed E-state index contributed by atoms with van der Waals surface area (Å²) in [7, 11) is 3.84. The Kier molecular flexibility index (Phi) is 4.51. The predicted octanol–water partition coefficient (Wildman–Crippen LogP) is 2.34. The lowest BCUT2D eigenvalue weighted by Gasteiger charge is -2.26. The number of amides is 1. The van der Waals surface area contributed by atoms with Gasteiger partial charge in [0.15, 0.2) is 0 Å². The van der Waals surface area contributed by atoms with Crippen LogP contribution in [0.5, 0.6) is 0 Å². The Hall–Kier alpha value is -1.69. The van der Waals surface area contributed by atoms with Crippen LogP contribution in [0.3, 0.4) is 0 Å². The van der Waals surface area contributed by atoms with Crippen molar-refractivity contribution >= 4 is 28.4 Å². The molecule has 0 unspecified atom stereocenters. The van der Waals surface area contributed by atoms with Crippen LogP contribution in [0.1, 0.15) is 22.5 Å². The highest BCUT2D eigenvalue weighted by atomic mass is 35.5. The van der Waals surface area contributed by atoms with E-state index in [-0.39, 0.29) is 5.91 Å². The van der Waals surface area contributed by atoms with Gasteiger partial charge in [-0.1, -0.05) is 11.6 Å². The lowest BCUT2D eigenvalue weighted by atomic mass is 10.0. The van der Waals surface area contributed by atoms with Crippen molar-refractivity contribution in [3.8, 4) is 0 Å². The van der Waals surface area contributed by atoms with Gasteiger partial charge in [0.1, 0.15) is 0 Å². The molecule has 1 aliphatic heterocycles. The summed E-state index contributed by atoms with van der Waals surface area (Å²) in [6, 6.07) is 7.17. The number of carbonyl (C=O) groups excluding carboxylic acids is 1. The van der Waals surface area contributed by atoms with E-state index in [1.807, 2.05) is 32.0 Å². The molecule has 1 fully saturated rings. The van der Waals surface area contributed by atoms with Crippen LogP contribution < -0.4 is 0 Å². The Morgan fingerprint density at radius 1 is 1.42 bits per heavy atom. The van der Waals surface area contributed by atoms with Crippen LogP contribution in [0.25, 0.3) is 10.9 Å². The normalized spacial score (nSPS) is 21.0. The number of likely N-dealkylation sites (tertiary alicyclic amines) is 1. The molecule has 1 amide bonds. The zero-order valence-electron chi connectivity index (χ0n) is 14.2. The molecule has 24 heavy (non-hydrogen) atoms. The molecule has 0 bridgehead atoms. The molecule has 1 saturated heterocycles. The highest BCUT2D eigenvalue weighted by molar-refractivity contribution is 6.31. The first-order chi connectivity index (χ1) is 11.3. The van der Waals surface area contributed by atoms with Gasteiger partial charge in [0.05, 0.1) is 23.2 Å². The molecule has 1 aromatic carbocycles. The number of rotatable bonds is 3. The number of nitrogens with zero attached hydrogens (tertiary/aromatic N) is 3. The summed E-state index contributed by atoms with van der Waals surface area (Å²) in [6.45, 7) is 3.30. The standard InChI is InChI=1S/C18H22ClN3O2/c1-12-8-15(14-9-13(19)4-5-16(14)20-12)17(23)22-7-6-18(24,11-22)10-21(2)3/h4-5,8-9,24H,6-7,10-11H2,1-3H3/t18-/m0/s1. The fraction of sp³-hybridized carbons (Fsp3) is 0.444. The molecule has 1 aliphatic rings. The molecule has 0 saturated carbocycles. The van der Waals surface area contributed by atoms with Crippen LogP contribution >= 0.6 is 11.6 Å². The fourth-order valence-electron chi connectivity index (χ4n) is 3.43. The lowest BCUT2D eigenvalue weighted by molar-refractivity contribution is 0.0236. The monoisotopic (exact) mass is 347 g/mol. The van der Waals surface area contributed by atoms with E-state index in [2.05, 4.69) is 4.98 Å². The molecule has 1 N–H and O–H groups in total. The van der Waals surface area contributed by atoms with Crippen molar-refractivity contribution < 1.29 is 9.90 Å². The number of fused-ring (bicyclic) bond motifs is 1. The van der Waals surface area contributed by atoms with Gasteiger partial charge in [0.2, 0.25) is 0 Å². The van der Waals surface area contributed by atoms with Gasteiger partial charge in [-0.3, -0.25) is 9.78 Å². The second kappa shape index (κ2) is 6.31. The van der Waals surface area contributed by atoms with E-state index < -0.39 is 5.60 Å². The van der Waals surface area contributed by atoms with Gasteiger partial charge in [0.25, 0.3) is 5.91 Å². The Morgan fingerprint density at radius 3 is 2.88 bits per heavy atom. The first-order valence-electron chi connectivity index (χ1n) is 8.01. The molecule has 0 spiro atoms. The van der Waals surface area contributed by atoms with Crippen LogP contribution in [0.15, 0.2) is 24.3 Å². The quantitative estimate of drug-likeness (QED) is 0.926. The maximum Gasteiger partial charge on any atom is 0.254 e. The largest absolute Gasteiger partial charge is 0.387 e. The topological polar surface area (TPSA) is 56.7 Å². The van der Waals surface area contributed by atoms with Gasteiger partial charge in [-0.2, -0.15) is 0 Å². The average Bonchev–Trinajstić information content (AvgIpc) is 2.87. The molecule has 128 valence electrons. The summed E-state index contributed by atoms with van der Waals surface area (Å²) < 4.78 is 0. The average molecular weight is 348 g/mol. The summed E-state index contributed by atoms with van der Waals surface area (Å²) in [6.07, 6.45) is 0.583. The molecule has 1 aromatic heterocycles. The summed E-state index contributed by atoms with van der Waals surface area (Å²) in [5, 5.41) is 12.0. The van der Waals surface area contributed by atoms with Crippen molar-refractivity contribution in [2.24, 2.45) is 0 Å². The number of β-amino-alcohol motifs (C(OH)–C–C–N with tert-alkyl or cyclic N) is 1. The number of hydrogen-bond acceptors (Lipinski definition) is 4. The molecule has 0 aliphatic carbocycles. The van der Waals surface area contributed by atoms with Crippen LogP contribution in [0.4, 0.5) is 0 Å². The van der Waals surface area contributed by atoms with Gasteiger partial charge in [0, 0.05) is 29.2 Å². The zero-order valence-corrected chi connectivity index (χ0v) is 15.0. The fourth-order valence-corrected chi connectivity index (χ4v) is 3.60. The first-order valence-corrected chi connectivity index (χ1v) is 8.38. The van der Waals surface area contributed by atoms with E-state index in [4.69, 9.17) is 11.6 Å². The van der Waals surface area contributed by atoms with Gasteiger partial charge in [-0.15, -0.1) is 0 Å². The lowest BCUT2D eigenvalue weighted by Crippen LogP contribution is -2.43. The summed E-state index contributed by atoms with van der Waals surface area (Å²) in [4.78, 5) is 21.2. The van der Waals surface area contributed by atoms with Crippen molar-refractivity contribution in [1.29, 1.82) is 0 Å². The van der Waals surface area contributed by atoms with E-state index in [0.29, 0.717) is 36.6 Å². The van der Waals surface area contributed by atoms with E-state index in [1.165, 1.54) is 0 Å². The SMILES string of the molecule is Cc1cc(C(=O)N2CC[C@](O)(CN(C)C)C2)c2cc(Cl)ccc2n1. The number of aliphatic hydroxyl groups is 1. The van der Waals surface area contributed by atoms with E-state index in [0.717, 1.165) is 16.6 Å². The van der Waals surface area contributed by atoms with Crippen LogP contribution in [-0.2, 0) is 0 Å². The van der Waals surface area contributed by atoms with Gasteiger partial charge < -0.3 is 14.9 Å². The van der Waals surface area contributed by atoms with Crippen LogP contribution in [-0.4, -0.2) is 65.1 Å². The third-order valence-electron chi connectivity index (χ3n) is 4.36. The highest BCUT2D eigenvalue weighted by Crippen LogP contribution is 2.27. The van der Waals surface area contributed by atoms with Crippen LogP contribution in [0, 0.1) is 6.92 Å². The van der Waals surface area contributed by atoms with Crippen molar-refractivity contribution in [3.05, 3.63) is 40.5 Å². The third kappa shape index (κ3) is 3.38. The molecule has 5 nitrogen and oxygen atoms in total. The molecular weight excluding hydrogens is 326 g/mol. The Morgan fingerprint density at radius 2 is 2.17 bits per heavy atom. The zero-order chi connectivity index (χ0) is 17.5. The number of carbonyl (C=O) groups is 1. The molecule has 3 rings (SSSR count). The summed E-state index contributed by atoms with van der Waals surface area (Å²) >= 11 is 6.10. The maximum absolute atomic E-state index is 13.0. The van der Waals surface area contributed by atoms with E-state index >= 15 is 0 Å². The number of aromatic nitrogens is 1. The molecule has 2 aromatic rings.